The van der Waals surface area contributed by atoms with Crippen LogP contribution in [0.5, 0.6) is 0 Å². The van der Waals surface area contributed by atoms with Crippen LogP contribution in [-0.2, 0) is 6.42 Å². The van der Waals surface area contributed by atoms with Gasteiger partial charge in [-0.3, -0.25) is 0 Å². The molecule has 2 atom stereocenters. The summed E-state index contributed by atoms with van der Waals surface area (Å²) in [5, 5.41) is 2.13. The van der Waals surface area contributed by atoms with Gasteiger partial charge in [0.1, 0.15) is 0 Å². The zero-order chi connectivity index (χ0) is 12.3. The molecular formula is C13H23N3S. The average Bonchev–Trinajstić information content (AvgIpc) is 2.72. The van der Waals surface area contributed by atoms with Gasteiger partial charge in [0.15, 0.2) is 0 Å². The summed E-state index contributed by atoms with van der Waals surface area (Å²) >= 11 is 1.81. The Labute approximate surface area is 108 Å². The summed E-state index contributed by atoms with van der Waals surface area (Å²) in [6, 6.07) is 5.00. The second-order valence-electron chi connectivity index (χ2n) is 5.11. The summed E-state index contributed by atoms with van der Waals surface area (Å²) in [6.45, 7) is 3.43. The molecule has 1 aromatic heterocycles. The smallest absolute Gasteiger partial charge is 0.0374 e. The molecule has 1 saturated heterocycles. The van der Waals surface area contributed by atoms with E-state index >= 15 is 0 Å². The van der Waals surface area contributed by atoms with Gasteiger partial charge in [-0.05, 0) is 51.5 Å². The molecule has 1 aromatic rings. The summed E-state index contributed by atoms with van der Waals surface area (Å²) in [5.74, 6) is 0. The van der Waals surface area contributed by atoms with Crippen molar-refractivity contribution < 1.29 is 0 Å². The lowest BCUT2D eigenvalue weighted by atomic mass is 10.0. The van der Waals surface area contributed by atoms with Crippen LogP contribution in [0.25, 0.3) is 0 Å². The molecule has 2 heterocycles. The number of nitrogens with two attached hydrogens (primary N) is 1. The fraction of sp³-hybridized carbons (Fsp3) is 0.692. The summed E-state index contributed by atoms with van der Waals surface area (Å²) in [6.07, 6.45) is 2.25. The van der Waals surface area contributed by atoms with Crippen LogP contribution in [0.4, 0.5) is 0 Å². The maximum Gasteiger partial charge on any atom is 0.0374 e. The molecule has 1 aliphatic heterocycles. The first-order valence-electron chi connectivity index (χ1n) is 6.33. The van der Waals surface area contributed by atoms with Crippen LogP contribution < -0.4 is 5.73 Å². The van der Waals surface area contributed by atoms with Crippen molar-refractivity contribution in [3.8, 4) is 0 Å². The van der Waals surface area contributed by atoms with Crippen LogP contribution in [0, 0.1) is 0 Å². The Balaban J connectivity index is 1.98. The van der Waals surface area contributed by atoms with E-state index in [0.29, 0.717) is 6.04 Å². The highest BCUT2D eigenvalue weighted by molar-refractivity contribution is 7.09. The Hall–Kier alpha value is -0.420. The molecule has 0 amide bonds. The Morgan fingerprint density at radius 1 is 1.47 bits per heavy atom. The number of thiophene rings is 1. The normalized spacial score (nSPS) is 25.7. The first-order valence-corrected chi connectivity index (χ1v) is 7.21. The van der Waals surface area contributed by atoms with E-state index in [1.807, 2.05) is 11.3 Å². The van der Waals surface area contributed by atoms with Crippen LogP contribution in [0.2, 0.25) is 0 Å². The summed E-state index contributed by atoms with van der Waals surface area (Å²) in [5.41, 5.74) is 6.40. The molecule has 96 valence electrons. The van der Waals surface area contributed by atoms with Gasteiger partial charge in [-0.15, -0.1) is 11.3 Å². The molecule has 3 nitrogen and oxygen atoms in total. The maximum atomic E-state index is 6.40. The van der Waals surface area contributed by atoms with E-state index in [9.17, 15) is 0 Å². The first kappa shape index (κ1) is 13.0. The molecule has 1 aliphatic rings. The molecule has 0 aliphatic carbocycles. The fourth-order valence-electron chi connectivity index (χ4n) is 2.57. The SMILES string of the molecule is CN1CCCN(C)C(C(N)Cc2cccs2)C1. The lowest BCUT2D eigenvalue weighted by Crippen LogP contribution is -2.51. The van der Waals surface area contributed by atoms with Crippen molar-refractivity contribution in [3.63, 3.8) is 0 Å². The van der Waals surface area contributed by atoms with E-state index in [1.54, 1.807) is 0 Å². The number of likely N-dealkylation sites (N-methyl/N-ethyl adjacent to an activating group) is 2. The monoisotopic (exact) mass is 253 g/mol. The van der Waals surface area contributed by atoms with E-state index in [2.05, 4.69) is 41.4 Å². The number of nitrogens with zero attached hydrogens (tertiary/aromatic N) is 2. The van der Waals surface area contributed by atoms with Crippen LogP contribution in [0.15, 0.2) is 17.5 Å². The zero-order valence-corrected chi connectivity index (χ0v) is 11.6. The van der Waals surface area contributed by atoms with Crippen LogP contribution >= 0.6 is 11.3 Å². The number of hydrogen-bond donors (Lipinski definition) is 1. The third-order valence-electron chi connectivity index (χ3n) is 3.63. The predicted molar refractivity (Wildman–Crippen MR) is 74.5 cm³/mol. The molecule has 0 aromatic carbocycles. The van der Waals surface area contributed by atoms with Gasteiger partial charge in [0, 0.05) is 23.5 Å². The molecule has 4 heteroatoms. The van der Waals surface area contributed by atoms with Crippen LogP contribution in [-0.4, -0.2) is 55.6 Å². The third kappa shape index (κ3) is 3.52. The van der Waals surface area contributed by atoms with Crippen molar-refractivity contribution in [1.29, 1.82) is 0 Å². The Morgan fingerprint density at radius 2 is 2.29 bits per heavy atom. The van der Waals surface area contributed by atoms with Crippen molar-refractivity contribution in [1.82, 2.24) is 9.80 Å². The minimum atomic E-state index is 0.235. The molecule has 0 spiro atoms. The maximum absolute atomic E-state index is 6.40. The van der Waals surface area contributed by atoms with Crippen molar-refractivity contribution >= 4 is 11.3 Å². The van der Waals surface area contributed by atoms with E-state index < -0.39 is 0 Å². The number of hydrogen-bond acceptors (Lipinski definition) is 4. The molecule has 0 saturated carbocycles. The summed E-state index contributed by atoms with van der Waals surface area (Å²) in [7, 11) is 4.40. The highest BCUT2D eigenvalue weighted by atomic mass is 32.1. The average molecular weight is 253 g/mol. The highest BCUT2D eigenvalue weighted by Crippen LogP contribution is 2.16. The lowest BCUT2D eigenvalue weighted by molar-refractivity contribution is 0.195. The van der Waals surface area contributed by atoms with Gasteiger partial charge in [0.25, 0.3) is 0 Å². The first-order chi connectivity index (χ1) is 8.16. The Bertz CT molecular complexity index is 325. The molecule has 2 unspecified atom stereocenters. The predicted octanol–water partition coefficient (Wildman–Crippen LogP) is 1.25. The standard InChI is InChI=1S/C13H23N3S/c1-15-6-4-7-16(2)13(10-15)12(14)9-11-5-3-8-17-11/h3,5,8,12-13H,4,6-7,9-10,14H2,1-2H3. The Morgan fingerprint density at radius 3 is 3.00 bits per heavy atom. The van der Waals surface area contributed by atoms with E-state index in [-0.39, 0.29) is 6.04 Å². The molecule has 17 heavy (non-hydrogen) atoms. The van der Waals surface area contributed by atoms with Crippen molar-refractivity contribution in [3.05, 3.63) is 22.4 Å². The third-order valence-corrected chi connectivity index (χ3v) is 4.53. The van der Waals surface area contributed by atoms with Gasteiger partial charge >= 0.3 is 0 Å². The summed E-state index contributed by atoms with van der Waals surface area (Å²) < 4.78 is 0. The minimum absolute atomic E-state index is 0.235. The number of rotatable bonds is 3. The van der Waals surface area contributed by atoms with Gasteiger partial charge in [-0.25, -0.2) is 0 Å². The summed E-state index contributed by atoms with van der Waals surface area (Å²) in [4.78, 5) is 6.24. The van der Waals surface area contributed by atoms with E-state index in [0.717, 1.165) is 19.5 Å². The van der Waals surface area contributed by atoms with Crippen LogP contribution in [0.1, 0.15) is 11.3 Å². The molecule has 2 N–H and O–H groups in total. The second kappa shape index (κ2) is 5.96. The molecule has 1 fully saturated rings. The van der Waals surface area contributed by atoms with Crippen LogP contribution in [0.3, 0.4) is 0 Å². The zero-order valence-electron chi connectivity index (χ0n) is 10.8. The van der Waals surface area contributed by atoms with Gasteiger partial charge in [0.05, 0.1) is 0 Å². The van der Waals surface area contributed by atoms with Gasteiger partial charge in [-0.2, -0.15) is 0 Å². The molecule has 0 bridgehead atoms. The van der Waals surface area contributed by atoms with Crippen molar-refractivity contribution in [2.75, 3.05) is 33.7 Å². The quantitative estimate of drug-likeness (QED) is 0.880. The van der Waals surface area contributed by atoms with Crippen molar-refractivity contribution in [2.24, 2.45) is 5.73 Å². The lowest BCUT2D eigenvalue weighted by Gasteiger charge is -2.32. The topological polar surface area (TPSA) is 32.5 Å². The largest absolute Gasteiger partial charge is 0.326 e. The molecule has 2 rings (SSSR count). The Kier molecular flexibility index (Phi) is 4.56. The molecular weight excluding hydrogens is 230 g/mol. The van der Waals surface area contributed by atoms with Gasteiger partial charge < -0.3 is 15.5 Å². The van der Waals surface area contributed by atoms with E-state index in [1.165, 1.54) is 17.8 Å². The minimum Gasteiger partial charge on any atom is -0.326 e. The van der Waals surface area contributed by atoms with Gasteiger partial charge in [0.2, 0.25) is 0 Å². The van der Waals surface area contributed by atoms with Gasteiger partial charge in [-0.1, -0.05) is 6.07 Å². The van der Waals surface area contributed by atoms with Crippen molar-refractivity contribution in [2.45, 2.75) is 24.9 Å². The molecule has 0 radical (unpaired) electrons. The van der Waals surface area contributed by atoms with E-state index in [4.69, 9.17) is 5.73 Å². The second-order valence-corrected chi connectivity index (χ2v) is 6.14. The highest BCUT2D eigenvalue weighted by Gasteiger charge is 2.26. The fourth-order valence-corrected chi connectivity index (χ4v) is 3.34.